The molecule has 128 valence electrons. The third kappa shape index (κ3) is 4.00. The Morgan fingerprint density at radius 2 is 2.12 bits per heavy atom. The van der Waals surface area contributed by atoms with E-state index in [2.05, 4.69) is 15.3 Å². The van der Waals surface area contributed by atoms with Crippen molar-refractivity contribution in [3.8, 4) is 5.75 Å². The minimum absolute atomic E-state index is 0.130. The van der Waals surface area contributed by atoms with E-state index < -0.39 is 0 Å². The maximum Gasteiger partial charge on any atom is 0.254 e. The van der Waals surface area contributed by atoms with Gasteiger partial charge in [-0.3, -0.25) is 14.6 Å². The van der Waals surface area contributed by atoms with Crippen molar-refractivity contribution in [1.82, 2.24) is 14.5 Å². The fourth-order valence-corrected chi connectivity index (χ4v) is 2.48. The second kappa shape index (κ2) is 7.57. The molecule has 7 heteroatoms. The SMILES string of the molecule is Cn1c(=O)cc(OCCCC(=O)Nc2cnccn2)c2ccccc21. The molecule has 0 fully saturated rings. The predicted molar refractivity (Wildman–Crippen MR) is 94.6 cm³/mol. The summed E-state index contributed by atoms with van der Waals surface area (Å²) >= 11 is 0. The molecule has 0 aliphatic heterocycles. The van der Waals surface area contributed by atoms with Crippen molar-refractivity contribution in [1.29, 1.82) is 0 Å². The first-order chi connectivity index (χ1) is 12.1. The maximum atomic E-state index is 12.0. The lowest BCUT2D eigenvalue weighted by molar-refractivity contribution is -0.116. The van der Waals surface area contributed by atoms with Gasteiger partial charge in [-0.25, -0.2) is 4.98 Å². The molecule has 1 aromatic carbocycles. The number of aromatic nitrogens is 3. The lowest BCUT2D eigenvalue weighted by Crippen LogP contribution is -2.17. The van der Waals surface area contributed by atoms with Crippen molar-refractivity contribution < 1.29 is 9.53 Å². The number of hydrogen-bond acceptors (Lipinski definition) is 5. The van der Waals surface area contributed by atoms with Gasteiger partial charge in [-0.15, -0.1) is 0 Å². The molecule has 25 heavy (non-hydrogen) atoms. The molecule has 0 bridgehead atoms. The molecule has 3 rings (SSSR count). The van der Waals surface area contributed by atoms with Crippen molar-refractivity contribution in [2.24, 2.45) is 7.05 Å². The molecule has 0 aliphatic carbocycles. The van der Waals surface area contributed by atoms with Gasteiger partial charge in [0.2, 0.25) is 5.91 Å². The molecule has 2 aromatic heterocycles. The van der Waals surface area contributed by atoms with Crippen LogP contribution in [0.5, 0.6) is 5.75 Å². The summed E-state index contributed by atoms with van der Waals surface area (Å²) in [6, 6.07) is 9.03. The maximum absolute atomic E-state index is 12.0. The fraction of sp³-hybridized carbons (Fsp3) is 0.222. The number of ether oxygens (including phenoxy) is 1. The van der Waals surface area contributed by atoms with E-state index in [-0.39, 0.29) is 11.5 Å². The van der Waals surface area contributed by atoms with Gasteiger partial charge in [-0.1, -0.05) is 12.1 Å². The Bertz CT molecular complexity index is 938. The summed E-state index contributed by atoms with van der Waals surface area (Å²) in [5.74, 6) is 0.803. The predicted octanol–water partition coefficient (Wildman–Crippen LogP) is 2.13. The summed E-state index contributed by atoms with van der Waals surface area (Å²) < 4.78 is 7.31. The van der Waals surface area contributed by atoms with Crippen LogP contribution in [0, 0.1) is 0 Å². The molecule has 3 aromatic rings. The Labute approximate surface area is 144 Å². The number of nitrogens with zero attached hydrogens (tertiary/aromatic N) is 3. The molecule has 7 nitrogen and oxygen atoms in total. The smallest absolute Gasteiger partial charge is 0.254 e. The molecule has 0 spiro atoms. The fourth-order valence-electron chi connectivity index (χ4n) is 2.48. The molecule has 1 N–H and O–H groups in total. The van der Waals surface area contributed by atoms with Crippen molar-refractivity contribution in [3.63, 3.8) is 0 Å². The summed E-state index contributed by atoms with van der Waals surface area (Å²) in [6.45, 7) is 0.338. The van der Waals surface area contributed by atoms with E-state index in [0.29, 0.717) is 31.0 Å². The zero-order valence-corrected chi connectivity index (χ0v) is 13.8. The van der Waals surface area contributed by atoms with E-state index in [4.69, 9.17) is 4.74 Å². The largest absolute Gasteiger partial charge is 0.493 e. The Balaban J connectivity index is 1.58. The first-order valence-electron chi connectivity index (χ1n) is 7.92. The van der Waals surface area contributed by atoms with Crippen molar-refractivity contribution in [2.45, 2.75) is 12.8 Å². The quantitative estimate of drug-likeness (QED) is 0.696. The second-order valence-electron chi connectivity index (χ2n) is 5.51. The normalized spacial score (nSPS) is 10.6. The Morgan fingerprint density at radius 3 is 2.92 bits per heavy atom. The number of rotatable bonds is 6. The number of amides is 1. The van der Waals surface area contributed by atoms with Crippen LogP contribution in [0.15, 0.2) is 53.7 Å². The molecule has 0 unspecified atom stereocenters. The van der Waals surface area contributed by atoms with E-state index in [1.54, 1.807) is 11.6 Å². The van der Waals surface area contributed by atoms with E-state index in [0.717, 1.165) is 10.9 Å². The van der Waals surface area contributed by atoms with Gasteiger partial charge in [0.15, 0.2) is 5.82 Å². The Morgan fingerprint density at radius 1 is 1.28 bits per heavy atom. The number of anilines is 1. The standard InChI is InChI=1S/C18H18N4O3/c1-22-14-6-3-2-5-13(14)15(11-18(22)24)25-10-4-7-17(23)21-16-12-19-8-9-20-16/h2-3,5-6,8-9,11-12H,4,7,10H2,1H3,(H,20,21,23). The first-order valence-corrected chi connectivity index (χ1v) is 7.92. The first kappa shape index (κ1) is 16.6. The van der Waals surface area contributed by atoms with Gasteiger partial charge in [0.05, 0.1) is 18.3 Å². The number of carbonyl (C=O) groups is 1. The van der Waals surface area contributed by atoms with Gasteiger partial charge in [0, 0.05) is 37.3 Å². The van der Waals surface area contributed by atoms with Crippen LogP contribution in [-0.4, -0.2) is 27.0 Å². The van der Waals surface area contributed by atoms with E-state index in [9.17, 15) is 9.59 Å². The lowest BCUT2D eigenvalue weighted by atomic mass is 10.2. The lowest BCUT2D eigenvalue weighted by Gasteiger charge is -2.11. The van der Waals surface area contributed by atoms with Gasteiger partial charge in [-0.2, -0.15) is 0 Å². The highest BCUT2D eigenvalue weighted by molar-refractivity contribution is 5.89. The van der Waals surface area contributed by atoms with E-state index in [1.165, 1.54) is 24.7 Å². The molecule has 0 radical (unpaired) electrons. The average Bonchev–Trinajstić information content (AvgIpc) is 2.63. The highest BCUT2D eigenvalue weighted by Crippen LogP contribution is 2.23. The summed E-state index contributed by atoms with van der Waals surface area (Å²) in [7, 11) is 1.73. The minimum atomic E-state index is -0.155. The summed E-state index contributed by atoms with van der Waals surface area (Å²) in [5, 5.41) is 3.53. The van der Waals surface area contributed by atoms with E-state index >= 15 is 0 Å². The van der Waals surface area contributed by atoms with Crippen LogP contribution in [0.25, 0.3) is 10.9 Å². The monoisotopic (exact) mass is 338 g/mol. The third-order valence-electron chi connectivity index (χ3n) is 3.75. The number of pyridine rings is 1. The minimum Gasteiger partial charge on any atom is -0.493 e. The molecule has 0 atom stereocenters. The highest BCUT2D eigenvalue weighted by atomic mass is 16.5. The van der Waals surface area contributed by atoms with Crippen LogP contribution >= 0.6 is 0 Å². The van der Waals surface area contributed by atoms with Gasteiger partial charge in [0.25, 0.3) is 5.56 Å². The molecule has 0 saturated carbocycles. The summed E-state index contributed by atoms with van der Waals surface area (Å²) in [4.78, 5) is 31.7. The topological polar surface area (TPSA) is 86.1 Å². The van der Waals surface area contributed by atoms with Crippen LogP contribution < -0.4 is 15.6 Å². The van der Waals surface area contributed by atoms with Crippen LogP contribution in [0.4, 0.5) is 5.82 Å². The zero-order valence-electron chi connectivity index (χ0n) is 13.8. The number of nitrogens with one attached hydrogen (secondary N) is 1. The average molecular weight is 338 g/mol. The third-order valence-corrected chi connectivity index (χ3v) is 3.75. The van der Waals surface area contributed by atoms with E-state index in [1.807, 2.05) is 24.3 Å². The molecule has 2 heterocycles. The second-order valence-corrected chi connectivity index (χ2v) is 5.51. The van der Waals surface area contributed by atoms with Gasteiger partial charge in [0.1, 0.15) is 5.75 Å². The van der Waals surface area contributed by atoms with Crippen molar-refractivity contribution in [3.05, 3.63) is 59.3 Å². The van der Waals surface area contributed by atoms with Crippen LogP contribution in [0.2, 0.25) is 0 Å². The summed E-state index contributed by atoms with van der Waals surface area (Å²) in [5.41, 5.74) is 0.680. The van der Waals surface area contributed by atoms with Crippen LogP contribution in [0.1, 0.15) is 12.8 Å². The molecule has 1 amide bonds. The van der Waals surface area contributed by atoms with Crippen molar-refractivity contribution >= 4 is 22.6 Å². The van der Waals surface area contributed by atoms with Gasteiger partial charge >= 0.3 is 0 Å². The highest BCUT2D eigenvalue weighted by Gasteiger charge is 2.08. The molecular weight excluding hydrogens is 320 g/mol. The Kier molecular flexibility index (Phi) is 5.03. The number of fused-ring (bicyclic) bond motifs is 1. The van der Waals surface area contributed by atoms with Gasteiger partial charge in [-0.05, 0) is 18.6 Å². The molecule has 0 aliphatic rings. The number of carbonyl (C=O) groups excluding carboxylic acids is 1. The zero-order chi connectivity index (χ0) is 17.6. The Hall–Kier alpha value is -3.22. The number of hydrogen-bond donors (Lipinski definition) is 1. The van der Waals surface area contributed by atoms with Crippen molar-refractivity contribution in [2.75, 3.05) is 11.9 Å². The van der Waals surface area contributed by atoms with Crippen LogP contribution in [-0.2, 0) is 11.8 Å². The molecular formula is C18H18N4O3. The summed E-state index contributed by atoms with van der Waals surface area (Å²) in [6.07, 6.45) is 5.35. The number of benzene rings is 1. The molecule has 0 saturated heterocycles. The van der Waals surface area contributed by atoms with Gasteiger partial charge < -0.3 is 14.6 Å². The number of para-hydroxylation sites is 1. The number of aryl methyl sites for hydroxylation is 1. The van der Waals surface area contributed by atoms with Crippen LogP contribution in [0.3, 0.4) is 0 Å².